The predicted molar refractivity (Wildman–Crippen MR) is 85.0 cm³/mol. The SMILES string of the molecule is CCCNC(=O)C(C)n1c(CCl)nc2ccc(Br)cc21. The van der Waals surface area contributed by atoms with Crippen molar-refractivity contribution in [3.8, 4) is 0 Å². The summed E-state index contributed by atoms with van der Waals surface area (Å²) in [5, 5.41) is 2.91. The largest absolute Gasteiger partial charge is 0.354 e. The molecule has 0 saturated heterocycles. The highest BCUT2D eigenvalue weighted by Gasteiger charge is 2.20. The molecule has 1 aromatic heterocycles. The van der Waals surface area contributed by atoms with Crippen molar-refractivity contribution in [3.05, 3.63) is 28.5 Å². The maximum Gasteiger partial charge on any atom is 0.242 e. The molecule has 0 radical (unpaired) electrons. The van der Waals surface area contributed by atoms with E-state index in [2.05, 4.69) is 26.2 Å². The van der Waals surface area contributed by atoms with Crippen molar-refractivity contribution < 1.29 is 4.79 Å². The minimum atomic E-state index is -0.338. The molecular weight excluding hydrogens is 342 g/mol. The van der Waals surface area contributed by atoms with Gasteiger partial charge in [-0.2, -0.15) is 0 Å². The van der Waals surface area contributed by atoms with Gasteiger partial charge in [0.2, 0.25) is 5.91 Å². The first-order valence-electron chi connectivity index (χ1n) is 6.58. The summed E-state index contributed by atoms with van der Waals surface area (Å²) in [6, 6.07) is 5.47. The number of hydrogen-bond acceptors (Lipinski definition) is 2. The summed E-state index contributed by atoms with van der Waals surface area (Å²) in [5.74, 6) is 0.967. The second-order valence-electron chi connectivity index (χ2n) is 4.63. The second-order valence-corrected chi connectivity index (χ2v) is 5.81. The van der Waals surface area contributed by atoms with Crippen LogP contribution in [-0.4, -0.2) is 22.0 Å². The maximum absolute atomic E-state index is 12.2. The van der Waals surface area contributed by atoms with Crippen LogP contribution < -0.4 is 5.32 Å². The number of halogens is 2. The number of fused-ring (bicyclic) bond motifs is 1. The van der Waals surface area contributed by atoms with E-state index in [9.17, 15) is 4.79 Å². The van der Waals surface area contributed by atoms with Crippen LogP contribution in [0, 0.1) is 0 Å². The molecule has 1 atom stereocenters. The number of imidazole rings is 1. The molecule has 108 valence electrons. The molecule has 20 heavy (non-hydrogen) atoms. The first-order chi connectivity index (χ1) is 9.58. The second kappa shape index (κ2) is 6.59. The Kier molecular flexibility index (Phi) is 5.05. The number of benzene rings is 1. The number of alkyl halides is 1. The molecule has 0 aliphatic carbocycles. The Hall–Kier alpha value is -1.07. The number of carbonyl (C=O) groups is 1. The molecule has 0 aliphatic heterocycles. The van der Waals surface area contributed by atoms with Crippen LogP contribution in [0.25, 0.3) is 11.0 Å². The van der Waals surface area contributed by atoms with Gasteiger partial charge in [-0.1, -0.05) is 22.9 Å². The Balaban J connectivity index is 2.45. The standard InChI is InChI=1S/C14H17BrClN3O/c1-3-6-17-14(20)9(2)19-12-7-10(15)4-5-11(12)18-13(19)8-16/h4-5,7,9H,3,6,8H2,1-2H3,(H,17,20). The van der Waals surface area contributed by atoms with Crippen LogP contribution >= 0.6 is 27.5 Å². The van der Waals surface area contributed by atoms with Crippen LogP contribution in [0.1, 0.15) is 32.1 Å². The van der Waals surface area contributed by atoms with E-state index >= 15 is 0 Å². The number of hydrogen-bond donors (Lipinski definition) is 1. The summed E-state index contributed by atoms with van der Waals surface area (Å²) in [5.41, 5.74) is 1.76. The fourth-order valence-electron chi connectivity index (χ4n) is 2.16. The number of aromatic nitrogens is 2. The van der Waals surface area contributed by atoms with Gasteiger partial charge in [0.05, 0.1) is 16.9 Å². The van der Waals surface area contributed by atoms with Crippen molar-refractivity contribution in [2.75, 3.05) is 6.54 Å². The number of nitrogens with one attached hydrogen (secondary N) is 1. The molecule has 1 aromatic carbocycles. The lowest BCUT2D eigenvalue weighted by Gasteiger charge is -2.16. The first kappa shape index (κ1) is 15.3. The zero-order valence-corrected chi connectivity index (χ0v) is 13.8. The maximum atomic E-state index is 12.2. The number of nitrogens with zero attached hydrogens (tertiary/aromatic N) is 2. The van der Waals surface area contributed by atoms with Gasteiger partial charge < -0.3 is 9.88 Å². The average Bonchev–Trinajstić information content (AvgIpc) is 2.81. The highest BCUT2D eigenvalue weighted by atomic mass is 79.9. The molecule has 1 amide bonds. The Labute approximate surface area is 131 Å². The molecule has 0 aliphatic rings. The third-order valence-corrected chi connectivity index (χ3v) is 3.89. The molecule has 0 bridgehead atoms. The van der Waals surface area contributed by atoms with Gasteiger partial charge in [-0.3, -0.25) is 4.79 Å². The van der Waals surface area contributed by atoms with Crippen molar-refractivity contribution in [2.45, 2.75) is 32.2 Å². The third kappa shape index (κ3) is 2.99. The van der Waals surface area contributed by atoms with Gasteiger partial charge in [-0.25, -0.2) is 4.98 Å². The Morgan fingerprint density at radius 3 is 2.95 bits per heavy atom. The molecule has 0 saturated carbocycles. The topological polar surface area (TPSA) is 46.9 Å². The van der Waals surface area contributed by atoms with Crippen LogP contribution in [0.2, 0.25) is 0 Å². The van der Waals surface area contributed by atoms with Crippen LogP contribution in [0.5, 0.6) is 0 Å². The zero-order chi connectivity index (χ0) is 14.7. The highest BCUT2D eigenvalue weighted by Crippen LogP contribution is 2.25. The van der Waals surface area contributed by atoms with Gasteiger partial charge in [-0.05, 0) is 31.5 Å². The van der Waals surface area contributed by atoms with Crippen molar-refractivity contribution in [3.63, 3.8) is 0 Å². The van der Waals surface area contributed by atoms with Gasteiger partial charge in [0, 0.05) is 11.0 Å². The van der Waals surface area contributed by atoms with Gasteiger partial charge in [-0.15, -0.1) is 11.6 Å². The fourth-order valence-corrected chi connectivity index (χ4v) is 2.69. The Morgan fingerprint density at radius 1 is 1.55 bits per heavy atom. The van der Waals surface area contributed by atoms with Crippen LogP contribution in [0.3, 0.4) is 0 Å². The molecular formula is C14H17BrClN3O. The minimum Gasteiger partial charge on any atom is -0.354 e. The van der Waals surface area contributed by atoms with Crippen molar-refractivity contribution in [1.29, 1.82) is 0 Å². The van der Waals surface area contributed by atoms with E-state index in [1.807, 2.05) is 36.6 Å². The zero-order valence-electron chi connectivity index (χ0n) is 11.5. The Morgan fingerprint density at radius 2 is 2.30 bits per heavy atom. The highest BCUT2D eigenvalue weighted by molar-refractivity contribution is 9.10. The molecule has 2 aromatic rings. The number of rotatable bonds is 5. The quantitative estimate of drug-likeness (QED) is 0.830. The average molecular weight is 359 g/mol. The van der Waals surface area contributed by atoms with E-state index in [-0.39, 0.29) is 17.8 Å². The van der Waals surface area contributed by atoms with E-state index in [0.717, 1.165) is 21.9 Å². The van der Waals surface area contributed by atoms with Crippen LogP contribution in [-0.2, 0) is 10.7 Å². The van der Waals surface area contributed by atoms with E-state index in [1.165, 1.54) is 0 Å². The van der Waals surface area contributed by atoms with Crippen molar-refractivity contribution in [1.82, 2.24) is 14.9 Å². The summed E-state index contributed by atoms with van der Waals surface area (Å²) in [7, 11) is 0. The van der Waals surface area contributed by atoms with Crippen LogP contribution in [0.15, 0.2) is 22.7 Å². The van der Waals surface area contributed by atoms with Gasteiger partial charge in [0.25, 0.3) is 0 Å². The molecule has 6 heteroatoms. The first-order valence-corrected chi connectivity index (χ1v) is 7.91. The molecule has 1 unspecified atom stereocenters. The predicted octanol–water partition coefficient (Wildman–Crippen LogP) is 3.62. The monoisotopic (exact) mass is 357 g/mol. The van der Waals surface area contributed by atoms with E-state index in [4.69, 9.17) is 11.6 Å². The van der Waals surface area contributed by atoms with Crippen molar-refractivity contribution >= 4 is 44.5 Å². The summed E-state index contributed by atoms with van der Waals surface area (Å²) in [4.78, 5) is 16.7. The third-order valence-electron chi connectivity index (χ3n) is 3.16. The van der Waals surface area contributed by atoms with E-state index < -0.39 is 0 Å². The molecule has 1 heterocycles. The normalized spacial score (nSPS) is 12.6. The lowest BCUT2D eigenvalue weighted by Crippen LogP contribution is -2.32. The lowest BCUT2D eigenvalue weighted by molar-refractivity contribution is -0.123. The smallest absolute Gasteiger partial charge is 0.242 e. The van der Waals surface area contributed by atoms with E-state index in [1.54, 1.807) is 0 Å². The van der Waals surface area contributed by atoms with Gasteiger partial charge in [0.1, 0.15) is 11.9 Å². The fraction of sp³-hybridized carbons (Fsp3) is 0.429. The van der Waals surface area contributed by atoms with Gasteiger partial charge >= 0.3 is 0 Å². The summed E-state index contributed by atoms with van der Waals surface area (Å²) >= 11 is 9.42. The van der Waals surface area contributed by atoms with E-state index in [0.29, 0.717) is 12.4 Å². The molecule has 0 fully saturated rings. The summed E-state index contributed by atoms with van der Waals surface area (Å²) < 4.78 is 2.85. The minimum absolute atomic E-state index is 0.0162. The summed E-state index contributed by atoms with van der Waals surface area (Å²) in [6.45, 7) is 4.57. The molecule has 4 nitrogen and oxygen atoms in total. The van der Waals surface area contributed by atoms with Crippen LogP contribution in [0.4, 0.5) is 0 Å². The molecule has 2 rings (SSSR count). The Bertz CT molecular complexity index is 626. The number of carbonyl (C=O) groups excluding carboxylic acids is 1. The molecule has 1 N–H and O–H groups in total. The number of amides is 1. The van der Waals surface area contributed by atoms with Gasteiger partial charge in [0.15, 0.2) is 0 Å². The summed E-state index contributed by atoms with van der Waals surface area (Å²) in [6.07, 6.45) is 0.914. The molecule has 0 spiro atoms. The lowest BCUT2D eigenvalue weighted by atomic mass is 10.2. The van der Waals surface area contributed by atoms with Crippen molar-refractivity contribution in [2.24, 2.45) is 0 Å².